The van der Waals surface area contributed by atoms with Gasteiger partial charge in [0.2, 0.25) is 0 Å². The van der Waals surface area contributed by atoms with Crippen molar-refractivity contribution in [1.29, 1.82) is 5.26 Å². The Labute approximate surface area is 154 Å². The molecule has 3 aromatic rings. The summed E-state index contributed by atoms with van der Waals surface area (Å²) < 4.78 is 0. The van der Waals surface area contributed by atoms with Crippen LogP contribution in [0, 0.1) is 11.3 Å². The van der Waals surface area contributed by atoms with Crippen molar-refractivity contribution < 1.29 is 0 Å². The van der Waals surface area contributed by atoms with Crippen LogP contribution in [0.15, 0.2) is 79.1 Å². The fourth-order valence-corrected chi connectivity index (χ4v) is 3.57. The van der Waals surface area contributed by atoms with Crippen LogP contribution in [-0.2, 0) is 12.0 Å². The number of aromatic nitrogens is 1. The Kier molecular flexibility index (Phi) is 4.41. The Morgan fingerprint density at radius 2 is 1.54 bits per heavy atom. The predicted molar refractivity (Wildman–Crippen MR) is 104 cm³/mol. The molecule has 0 amide bonds. The molecule has 1 fully saturated rings. The third kappa shape index (κ3) is 3.07. The van der Waals surface area contributed by atoms with E-state index < -0.39 is 0 Å². The van der Waals surface area contributed by atoms with Crippen molar-refractivity contribution in [2.45, 2.75) is 31.2 Å². The average Bonchev–Trinajstić information content (AvgIpc) is 2.68. The third-order valence-corrected chi connectivity index (χ3v) is 5.31. The first-order valence-corrected chi connectivity index (χ1v) is 9.04. The van der Waals surface area contributed by atoms with Crippen LogP contribution < -0.4 is 4.90 Å². The van der Waals surface area contributed by atoms with Crippen LogP contribution in [0.2, 0.25) is 0 Å². The second kappa shape index (κ2) is 7.01. The van der Waals surface area contributed by atoms with Crippen molar-refractivity contribution in [2.75, 3.05) is 4.90 Å². The number of para-hydroxylation sites is 1. The van der Waals surface area contributed by atoms with Gasteiger partial charge in [-0.05, 0) is 66.8 Å². The van der Waals surface area contributed by atoms with E-state index in [2.05, 4.69) is 64.5 Å². The molecule has 4 rings (SSSR count). The number of benzene rings is 2. The quantitative estimate of drug-likeness (QED) is 0.628. The molecule has 1 heterocycles. The summed E-state index contributed by atoms with van der Waals surface area (Å²) in [7, 11) is 0. The van der Waals surface area contributed by atoms with Gasteiger partial charge >= 0.3 is 0 Å². The van der Waals surface area contributed by atoms with Gasteiger partial charge in [0.15, 0.2) is 0 Å². The molecule has 0 aliphatic heterocycles. The molecular formula is C23H21N3. The van der Waals surface area contributed by atoms with E-state index in [-0.39, 0.29) is 5.41 Å². The zero-order valence-electron chi connectivity index (χ0n) is 14.7. The normalized spacial score (nSPS) is 14.9. The number of anilines is 2. The third-order valence-electron chi connectivity index (χ3n) is 5.31. The second-order valence-electron chi connectivity index (χ2n) is 6.87. The van der Waals surface area contributed by atoms with Crippen molar-refractivity contribution in [2.24, 2.45) is 0 Å². The van der Waals surface area contributed by atoms with E-state index in [1.807, 2.05) is 30.6 Å². The number of rotatable bonds is 5. The van der Waals surface area contributed by atoms with E-state index in [0.29, 0.717) is 0 Å². The highest BCUT2D eigenvalue weighted by Gasteiger charge is 2.38. The van der Waals surface area contributed by atoms with E-state index >= 15 is 0 Å². The van der Waals surface area contributed by atoms with E-state index in [0.717, 1.165) is 42.7 Å². The summed E-state index contributed by atoms with van der Waals surface area (Å²) in [5, 5.41) is 9.57. The van der Waals surface area contributed by atoms with Crippen molar-refractivity contribution in [3.05, 3.63) is 90.3 Å². The number of nitrogens with zero attached hydrogens (tertiary/aromatic N) is 3. The Balaban J connectivity index is 1.67. The molecule has 3 heteroatoms. The van der Waals surface area contributed by atoms with E-state index in [4.69, 9.17) is 0 Å². The summed E-state index contributed by atoms with van der Waals surface area (Å²) in [5.74, 6) is 0. The van der Waals surface area contributed by atoms with Crippen LogP contribution in [0.1, 0.15) is 30.4 Å². The molecule has 2 aromatic carbocycles. The van der Waals surface area contributed by atoms with Crippen molar-refractivity contribution >= 4 is 11.4 Å². The summed E-state index contributed by atoms with van der Waals surface area (Å²) >= 11 is 0. The summed E-state index contributed by atoms with van der Waals surface area (Å²) in [6.07, 6.45) is 6.75. The van der Waals surface area contributed by atoms with Gasteiger partial charge in [0, 0.05) is 30.3 Å². The van der Waals surface area contributed by atoms with Gasteiger partial charge in [-0.25, -0.2) is 0 Å². The minimum absolute atomic E-state index is 0.263. The second-order valence-corrected chi connectivity index (χ2v) is 6.87. The van der Waals surface area contributed by atoms with E-state index in [9.17, 15) is 5.26 Å². The molecule has 1 aromatic heterocycles. The van der Waals surface area contributed by atoms with Gasteiger partial charge in [0.05, 0.1) is 11.5 Å². The fourth-order valence-electron chi connectivity index (χ4n) is 3.57. The molecular weight excluding hydrogens is 318 g/mol. The summed E-state index contributed by atoms with van der Waals surface area (Å²) in [4.78, 5) is 6.40. The molecule has 0 N–H and O–H groups in total. The zero-order chi connectivity index (χ0) is 17.8. The van der Waals surface area contributed by atoms with Crippen molar-refractivity contribution in [3.63, 3.8) is 0 Å². The molecule has 0 atom stereocenters. The molecule has 26 heavy (non-hydrogen) atoms. The predicted octanol–water partition coefficient (Wildman–Crippen LogP) is 5.37. The van der Waals surface area contributed by atoms with Crippen LogP contribution in [0.25, 0.3) is 0 Å². The molecule has 0 spiro atoms. The average molecular weight is 339 g/mol. The van der Waals surface area contributed by atoms with Crippen LogP contribution >= 0.6 is 0 Å². The first-order valence-electron chi connectivity index (χ1n) is 9.04. The Morgan fingerprint density at radius 3 is 2.12 bits per heavy atom. The standard InChI is InChI=1S/C23H21N3/c24-18-23(13-4-14-23)20-7-9-22(10-8-20)26(21-5-2-1-3-6-21)17-19-11-15-25-16-12-19/h1-3,5-12,15-16H,4,13-14,17H2. The Morgan fingerprint density at radius 1 is 0.885 bits per heavy atom. The number of hydrogen-bond donors (Lipinski definition) is 0. The van der Waals surface area contributed by atoms with Crippen molar-refractivity contribution in [1.82, 2.24) is 4.98 Å². The summed E-state index contributed by atoms with van der Waals surface area (Å²) in [5.41, 5.74) is 4.37. The van der Waals surface area contributed by atoms with Gasteiger partial charge < -0.3 is 4.90 Å². The first kappa shape index (κ1) is 16.4. The maximum absolute atomic E-state index is 9.57. The lowest BCUT2D eigenvalue weighted by atomic mass is 9.65. The monoisotopic (exact) mass is 339 g/mol. The molecule has 0 bridgehead atoms. The minimum Gasteiger partial charge on any atom is -0.337 e. The molecule has 1 aliphatic carbocycles. The molecule has 3 nitrogen and oxygen atoms in total. The van der Waals surface area contributed by atoms with E-state index in [1.165, 1.54) is 5.56 Å². The van der Waals surface area contributed by atoms with Gasteiger partial charge in [-0.1, -0.05) is 30.3 Å². The first-order chi connectivity index (χ1) is 12.8. The lowest BCUT2D eigenvalue weighted by Gasteiger charge is -2.36. The van der Waals surface area contributed by atoms with Gasteiger partial charge in [-0.15, -0.1) is 0 Å². The summed E-state index contributed by atoms with van der Waals surface area (Å²) in [6.45, 7) is 0.773. The summed E-state index contributed by atoms with van der Waals surface area (Å²) in [6, 6.07) is 25.5. The Hall–Kier alpha value is -3.12. The van der Waals surface area contributed by atoms with Crippen LogP contribution in [0.3, 0.4) is 0 Å². The van der Waals surface area contributed by atoms with Crippen LogP contribution in [-0.4, -0.2) is 4.98 Å². The van der Waals surface area contributed by atoms with Gasteiger partial charge in [0.1, 0.15) is 0 Å². The van der Waals surface area contributed by atoms with Crippen molar-refractivity contribution in [3.8, 4) is 6.07 Å². The van der Waals surface area contributed by atoms with E-state index in [1.54, 1.807) is 0 Å². The smallest absolute Gasteiger partial charge is 0.0822 e. The van der Waals surface area contributed by atoms with Crippen LogP contribution in [0.5, 0.6) is 0 Å². The number of hydrogen-bond acceptors (Lipinski definition) is 3. The highest BCUT2D eigenvalue weighted by molar-refractivity contribution is 5.64. The SMILES string of the molecule is N#CC1(c2ccc(N(Cc3ccncc3)c3ccccc3)cc2)CCC1. The molecule has 0 saturated heterocycles. The minimum atomic E-state index is -0.263. The largest absolute Gasteiger partial charge is 0.337 e. The van der Waals surface area contributed by atoms with Gasteiger partial charge in [-0.3, -0.25) is 4.98 Å². The number of nitriles is 1. The molecule has 0 unspecified atom stereocenters. The lowest BCUT2D eigenvalue weighted by molar-refractivity contribution is 0.324. The zero-order valence-corrected chi connectivity index (χ0v) is 14.7. The molecule has 0 radical (unpaired) electrons. The van der Waals surface area contributed by atoms with Gasteiger partial charge in [-0.2, -0.15) is 5.26 Å². The molecule has 1 aliphatic rings. The van der Waals surface area contributed by atoms with Gasteiger partial charge in [0.25, 0.3) is 0 Å². The topological polar surface area (TPSA) is 39.9 Å². The number of pyridine rings is 1. The lowest BCUT2D eigenvalue weighted by Crippen LogP contribution is -2.32. The highest BCUT2D eigenvalue weighted by atomic mass is 15.1. The fraction of sp³-hybridized carbons (Fsp3) is 0.217. The Bertz CT molecular complexity index is 892. The maximum Gasteiger partial charge on any atom is 0.0822 e. The highest BCUT2D eigenvalue weighted by Crippen LogP contribution is 2.43. The maximum atomic E-state index is 9.57. The van der Waals surface area contributed by atoms with Crippen LogP contribution in [0.4, 0.5) is 11.4 Å². The molecule has 128 valence electrons. The molecule has 1 saturated carbocycles.